The number of anilines is 1. The van der Waals surface area contributed by atoms with E-state index in [1.54, 1.807) is 38.1 Å². The second-order valence-corrected chi connectivity index (χ2v) is 9.54. The highest BCUT2D eigenvalue weighted by Gasteiger charge is 2.29. The smallest absolute Gasteiger partial charge is 0.323 e. The molecule has 0 bridgehead atoms. The molecular weight excluding hydrogens is 436 g/mol. The fourth-order valence-electron chi connectivity index (χ4n) is 3.37. The third-order valence-corrected chi connectivity index (χ3v) is 6.48. The van der Waals surface area contributed by atoms with E-state index in [9.17, 15) is 18.0 Å². The number of sulfonamides is 1. The summed E-state index contributed by atoms with van der Waals surface area (Å²) in [5.41, 5.74) is 1.20. The van der Waals surface area contributed by atoms with Crippen LogP contribution in [0.3, 0.4) is 0 Å². The van der Waals surface area contributed by atoms with E-state index in [1.807, 2.05) is 0 Å². The van der Waals surface area contributed by atoms with E-state index in [0.717, 1.165) is 0 Å². The Kier molecular flexibility index (Phi) is 5.94. The number of H-pyrrole nitrogens is 2. The molecule has 11 heteroatoms. The van der Waals surface area contributed by atoms with Crippen molar-refractivity contribution in [3.05, 3.63) is 46.9 Å². The summed E-state index contributed by atoms with van der Waals surface area (Å²) in [5.74, 6) is -0.0151. The number of hydrogen-bond acceptors (Lipinski definition) is 6. The van der Waals surface area contributed by atoms with E-state index >= 15 is 0 Å². The lowest BCUT2D eigenvalue weighted by molar-refractivity contribution is -0.118. The van der Waals surface area contributed by atoms with Crippen LogP contribution in [0.1, 0.15) is 20.3 Å². The van der Waals surface area contributed by atoms with Gasteiger partial charge in [0.2, 0.25) is 15.9 Å². The number of hydrogen-bond donors (Lipinski definition) is 4. The van der Waals surface area contributed by atoms with Gasteiger partial charge in [-0.05, 0) is 36.2 Å². The first kappa shape index (κ1) is 21.9. The summed E-state index contributed by atoms with van der Waals surface area (Å²) in [4.78, 5) is 29.6. The number of rotatable bonds is 6. The van der Waals surface area contributed by atoms with Crippen LogP contribution in [0.25, 0.3) is 11.0 Å². The third-order valence-electron chi connectivity index (χ3n) is 5.04. The minimum Gasteiger partial charge on any atom is -0.490 e. The second kappa shape index (κ2) is 8.67. The van der Waals surface area contributed by atoms with Gasteiger partial charge in [-0.15, -0.1) is 0 Å². The molecule has 1 amide bonds. The molecule has 2 aromatic carbocycles. The number of benzene rings is 2. The quantitative estimate of drug-likeness (QED) is 0.443. The Morgan fingerprint density at radius 2 is 1.72 bits per heavy atom. The molecule has 4 N–H and O–H groups in total. The average Bonchev–Trinajstić information content (AvgIpc) is 2.95. The van der Waals surface area contributed by atoms with Crippen LogP contribution >= 0.6 is 0 Å². The SMILES string of the molecule is CC(C)[C@@H](NS(=O)(=O)c1ccc2c(c1)OCCCO2)C(=O)Nc1ccc2[nH]c(=O)[nH]c2c1. The molecule has 2 heterocycles. The highest BCUT2D eigenvalue weighted by atomic mass is 32.2. The van der Waals surface area contributed by atoms with E-state index in [1.165, 1.54) is 12.1 Å². The number of nitrogens with one attached hydrogen (secondary N) is 4. The lowest BCUT2D eigenvalue weighted by Gasteiger charge is -2.22. The maximum atomic E-state index is 13.0. The van der Waals surface area contributed by atoms with Crippen molar-refractivity contribution in [2.75, 3.05) is 18.5 Å². The largest absolute Gasteiger partial charge is 0.490 e. The number of fused-ring (bicyclic) bond motifs is 2. The predicted molar refractivity (Wildman–Crippen MR) is 119 cm³/mol. The molecule has 0 saturated heterocycles. The number of carbonyl (C=O) groups excluding carboxylic acids is 1. The molecule has 0 radical (unpaired) electrons. The van der Waals surface area contributed by atoms with E-state index in [-0.39, 0.29) is 16.5 Å². The first-order chi connectivity index (χ1) is 15.2. The Morgan fingerprint density at radius 3 is 2.47 bits per heavy atom. The van der Waals surface area contributed by atoms with Crippen molar-refractivity contribution in [2.24, 2.45) is 5.92 Å². The van der Waals surface area contributed by atoms with Crippen LogP contribution in [-0.4, -0.2) is 43.5 Å². The molecule has 0 saturated carbocycles. The molecule has 0 fully saturated rings. The topological polar surface area (TPSA) is 142 Å². The van der Waals surface area contributed by atoms with Crippen LogP contribution in [0.4, 0.5) is 5.69 Å². The predicted octanol–water partition coefficient (Wildman–Crippen LogP) is 1.96. The van der Waals surface area contributed by atoms with E-state index in [0.29, 0.717) is 47.9 Å². The van der Waals surface area contributed by atoms with E-state index in [2.05, 4.69) is 20.0 Å². The second-order valence-electron chi connectivity index (χ2n) is 7.83. The van der Waals surface area contributed by atoms with Gasteiger partial charge >= 0.3 is 5.69 Å². The van der Waals surface area contributed by atoms with Crippen LogP contribution < -0.4 is 25.2 Å². The summed E-state index contributed by atoms with van der Waals surface area (Å²) in [5, 5.41) is 2.71. The van der Waals surface area contributed by atoms with Gasteiger partial charge in [0, 0.05) is 18.2 Å². The Morgan fingerprint density at radius 1 is 1.00 bits per heavy atom. The van der Waals surface area contributed by atoms with Crippen molar-refractivity contribution in [1.29, 1.82) is 0 Å². The van der Waals surface area contributed by atoms with Crippen molar-refractivity contribution in [3.63, 3.8) is 0 Å². The molecular formula is C21H24N4O6S. The number of aromatic nitrogens is 2. The molecule has 32 heavy (non-hydrogen) atoms. The Hall–Kier alpha value is -3.31. The first-order valence-corrected chi connectivity index (χ1v) is 11.7. The molecule has 0 aliphatic carbocycles. The summed E-state index contributed by atoms with van der Waals surface area (Å²) in [7, 11) is -4.02. The van der Waals surface area contributed by atoms with Gasteiger partial charge in [-0.1, -0.05) is 13.8 Å². The van der Waals surface area contributed by atoms with Gasteiger partial charge < -0.3 is 24.8 Å². The number of carbonyl (C=O) groups is 1. The molecule has 0 spiro atoms. The van der Waals surface area contributed by atoms with Crippen LogP contribution in [-0.2, 0) is 14.8 Å². The molecule has 170 valence electrons. The van der Waals surface area contributed by atoms with Gasteiger partial charge in [-0.25, -0.2) is 13.2 Å². The van der Waals surface area contributed by atoms with Gasteiger partial charge in [-0.3, -0.25) is 4.79 Å². The number of aromatic amines is 2. The van der Waals surface area contributed by atoms with Crippen LogP contribution in [0.2, 0.25) is 0 Å². The van der Waals surface area contributed by atoms with Crippen molar-refractivity contribution in [1.82, 2.24) is 14.7 Å². The maximum absolute atomic E-state index is 13.0. The summed E-state index contributed by atoms with van der Waals surface area (Å²) in [6, 6.07) is 8.20. The highest BCUT2D eigenvalue weighted by molar-refractivity contribution is 7.89. The van der Waals surface area contributed by atoms with Crippen LogP contribution in [0.15, 0.2) is 46.1 Å². The van der Waals surface area contributed by atoms with Gasteiger partial charge in [0.25, 0.3) is 0 Å². The lowest BCUT2D eigenvalue weighted by Crippen LogP contribution is -2.47. The van der Waals surface area contributed by atoms with Gasteiger partial charge in [0.1, 0.15) is 6.04 Å². The molecule has 1 aliphatic heterocycles. The summed E-state index contributed by atoms with van der Waals surface area (Å²) in [6.45, 7) is 4.41. The van der Waals surface area contributed by atoms with Crippen molar-refractivity contribution < 1.29 is 22.7 Å². The molecule has 3 aromatic rings. The van der Waals surface area contributed by atoms with Crippen molar-refractivity contribution >= 4 is 32.7 Å². The molecule has 1 aromatic heterocycles. The normalized spacial score (nSPS) is 14.8. The van der Waals surface area contributed by atoms with Crippen molar-refractivity contribution in [3.8, 4) is 11.5 Å². The highest BCUT2D eigenvalue weighted by Crippen LogP contribution is 2.32. The molecule has 1 atom stereocenters. The number of amides is 1. The molecule has 10 nitrogen and oxygen atoms in total. The van der Waals surface area contributed by atoms with Crippen LogP contribution in [0.5, 0.6) is 11.5 Å². The standard InChI is InChI=1S/C21H24N4O6S/c1-12(2)19(20(26)22-13-4-6-15-16(10-13)24-21(27)23-15)25-32(28,29)14-5-7-17-18(11-14)31-9-3-8-30-17/h4-7,10-12,19,25H,3,8-9H2,1-2H3,(H,22,26)(H2,23,24,27)/t19-/m1/s1. The minimum absolute atomic E-state index is 0.0217. The lowest BCUT2D eigenvalue weighted by atomic mass is 10.0. The Labute approximate surface area is 184 Å². The number of ether oxygens (including phenoxy) is 2. The first-order valence-electron chi connectivity index (χ1n) is 10.2. The fourth-order valence-corrected chi connectivity index (χ4v) is 4.73. The molecule has 0 unspecified atom stereocenters. The zero-order valence-corrected chi connectivity index (χ0v) is 18.4. The summed E-state index contributed by atoms with van der Waals surface area (Å²) >= 11 is 0. The average molecular weight is 461 g/mol. The van der Waals surface area contributed by atoms with Gasteiger partial charge in [0.05, 0.1) is 29.1 Å². The molecule has 4 rings (SSSR count). The minimum atomic E-state index is -4.02. The van der Waals surface area contributed by atoms with E-state index in [4.69, 9.17) is 9.47 Å². The number of imidazole rings is 1. The summed E-state index contributed by atoms with van der Waals surface area (Å²) in [6.07, 6.45) is 0.701. The monoisotopic (exact) mass is 460 g/mol. The zero-order chi connectivity index (χ0) is 22.9. The summed E-state index contributed by atoms with van der Waals surface area (Å²) < 4.78 is 39.7. The van der Waals surface area contributed by atoms with E-state index < -0.39 is 22.0 Å². The molecule has 1 aliphatic rings. The Balaban J connectivity index is 1.54. The van der Waals surface area contributed by atoms with Crippen molar-refractivity contribution in [2.45, 2.75) is 31.2 Å². The Bertz CT molecular complexity index is 1310. The van der Waals surface area contributed by atoms with Gasteiger partial charge in [-0.2, -0.15) is 4.72 Å². The van der Waals surface area contributed by atoms with Gasteiger partial charge in [0.15, 0.2) is 11.5 Å². The zero-order valence-electron chi connectivity index (χ0n) is 17.6. The fraction of sp³-hybridized carbons (Fsp3) is 0.333. The van der Waals surface area contributed by atoms with Crippen LogP contribution in [0, 0.1) is 5.92 Å². The third kappa shape index (κ3) is 4.63. The maximum Gasteiger partial charge on any atom is 0.323 e.